The summed E-state index contributed by atoms with van der Waals surface area (Å²) in [4.78, 5) is 15.4. The van der Waals surface area contributed by atoms with Gasteiger partial charge in [-0.3, -0.25) is 9.10 Å². The molecule has 30 heavy (non-hydrogen) atoms. The van der Waals surface area contributed by atoms with Crippen molar-refractivity contribution in [1.82, 2.24) is 0 Å². The third-order valence-corrected chi connectivity index (χ3v) is 7.76. The monoisotopic (exact) mass is 418 g/mol. The van der Waals surface area contributed by atoms with Crippen molar-refractivity contribution in [3.63, 3.8) is 0 Å². The number of fused-ring (bicyclic) bond motifs is 2. The van der Waals surface area contributed by atoms with Gasteiger partial charge in [-0.05, 0) is 67.3 Å². The first-order valence-corrected chi connectivity index (χ1v) is 11.5. The number of sulfonamides is 1. The van der Waals surface area contributed by atoms with Crippen molar-refractivity contribution in [1.29, 1.82) is 0 Å². The Morgan fingerprint density at radius 2 is 1.63 bits per heavy atom. The highest BCUT2D eigenvalue weighted by atomic mass is 32.2. The van der Waals surface area contributed by atoms with Crippen LogP contribution in [-0.4, -0.2) is 26.9 Å². The van der Waals surface area contributed by atoms with E-state index in [-0.39, 0.29) is 16.8 Å². The third-order valence-electron chi connectivity index (χ3n) is 5.94. The summed E-state index contributed by atoms with van der Waals surface area (Å²) in [5.74, 6) is -0.0420. The van der Waals surface area contributed by atoms with Crippen molar-refractivity contribution in [3.05, 3.63) is 89.5 Å². The summed E-state index contributed by atoms with van der Waals surface area (Å²) in [5.41, 5.74) is 4.28. The van der Waals surface area contributed by atoms with Crippen molar-refractivity contribution in [3.8, 4) is 0 Å². The fourth-order valence-corrected chi connectivity index (χ4v) is 6.01. The lowest BCUT2D eigenvalue weighted by Gasteiger charge is -2.23. The van der Waals surface area contributed by atoms with Crippen LogP contribution in [0, 0.1) is 0 Å². The van der Waals surface area contributed by atoms with Crippen molar-refractivity contribution in [2.24, 2.45) is 0 Å². The normalized spacial score (nSPS) is 17.7. The summed E-state index contributed by atoms with van der Waals surface area (Å²) >= 11 is 0. The lowest BCUT2D eigenvalue weighted by atomic mass is 10.1. The van der Waals surface area contributed by atoms with E-state index >= 15 is 0 Å². The van der Waals surface area contributed by atoms with Crippen LogP contribution in [0.3, 0.4) is 0 Å². The van der Waals surface area contributed by atoms with E-state index in [0.29, 0.717) is 24.2 Å². The van der Waals surface area contributed by atoms with Gasteiger partial charge in [-0.15, -0.1) is 0 Å². The lowest BCUT2D eigenvalue weighted by Crippen LogP contribution is -2.35. The predicted molar refractivity (Wildman–Crippen MR) is 118 cm³/mol. The molecule has 5 nitrogen and oxygen atoms in total. The smallest absolute Gasteiger partial charge is 0.264 e. The fraction of sp³-hybridized carbons (Fsp3) is 0.208. The maximum Gasteiger partial charge on any atom is 0.264 e. The maximum atomic E-state index is 13.3. The molecule has 3 aromatic rings. The summed E-state index contributed by atoms with van der Waals surface area (Å²) in [5, 5.41) is 0. The van der Waals surface area contributed by atoms with Gasteiger partial charge in [0.05, 0.1) is 10.6 Å². The molecular formula is C24H22N2O3S. The van der Waals surface area contributed by atoms with Crippen molar-refractivity contribution in [2.45, 2.75) is 30.7 Å². The van der Waals surface area contributed by atoms with Gasteiger partial charge in [0.2, 0.25) is 0 Å². The summed E-state index contributed by atoms with van der Waals surface area (Å²) in [6, 6.07) is 21.9. The molecule has 0 aromatic heterocycles. The quantitative estimate of drug-likeness (QED) is 0.645. The fourth-order valence-electron chi connectivity index (χ4n) is 4.49. The molecule has 2 heterocycles. The lowest BCUT2D eigenvalue weighted by molar-refractivity contribution is 0.0981. The predicted octanol–water partition coefficient (Wildman–Crippen LogP) is 4.03. The molecule has 0 saturated carbocycles. The van der Waals surface area contributed by atoms with Crippen LogP contribution >= 0.6 is 0 Å². The number of benzene rings is 3. The van der Waals surface area contributed by atoms with Crippen LogP contribution in [-0.2, 0) is 22.9 Å². The molecule has 1 amide bonds. The number of para-hydroxylation sites is 1. The molecule has 1 atom stereocenters. The largest absolute Gasteiger partial charge is 0.305 e. The molecule has 0 saturated heterocycles. The second kappa shape index (κ2) is 6.99. The molecule has 0 spiro atoms. The number of hydrogen-bond donors (Lipinski definition) is 0. The van der Waals surface area contributed by atoms with E-state index in [1.807, 2.05) is 29.2 Å². The number of amides is 1. The molecule has 0 radical (unpaired) electrons. The van der Waals surface area contributed by atoms with Crippen LogP contribution in [0.2, 0.25) is 0 Å². The molecule has 1 unspecified atom stereocenters. The zero-order valence-corrected chi connectivity index (χ0v) is 17.5. The van der Waals surface area contributed by atoms with E-state index in [1.54, 1.807) is 42.5 Å². The minimum Gasteiger partial charge on any atom is -0.305 e. The summed E-state index contributed by atoms with van der Waals surface area (Å²) in [6.07, 6.45) is 1.44. The highest BCUT2D eigenvalue weighted by Crippen LogP contribution is 2.36. The second-order valence-electron chi connectivity index (χ2n) is 7.84. The average molecular weight is 419 g/mol. The Hall–Kier alpha value is -3.12. The first-order chi connectivity index (χ1) is 14.5. The van der Waals surface area contributed by atoms with Crippen LogP contribution in [0.5, 0.6) is 0 Å². The zero-order chi connectivity index (χ0) is 20.9. The van der Waals surface area contributed by atoms with Crippen molar-refractivity contribution in [2.75, 3.05) is 15.7 Å². The zero-order valence-electron chi connectivity index (χ0n) is 16.7. The molecule has 6 heteroatoms. The van der Waals surface area contributed by atoms with Crippen LogP contribution in [0.15, 0.2) is 77.7 Å². The molecule has 0 bridgehead atoms. The number of carbonyl (C=O) groups excluding carboxylic acids is 1. The molecule has 152 valence electrons. The van der Waals surface area contributed by atoms with Gasteiger partial charge in [0.15, 0.2) is 0 Å². The standard InChI is InChI=1S/C24H22N2O3S/c1-17-15-18-7-5-6-10-23(18)26(17)24(27)20-11-12-22-19(16-20)13-14-25(22)30(28,29)21-8-3-2-4-9-21/h2-12,16-17H,13-15H2,1H3. The maximum absolute atomic E-state index is 13.3. The van der Waals surface area contributed by atoms with Gasteiger partial charge >= 0.3 is 0 Å². The van der Waals surface area contributed by atoms with Crippen molar-refractivity contribution < 1.29 is 13.2 Å². The van der Waals surface area contributed by atoms with E-state index in [4.69, 9.17) is 0 Å². The second-order valence-corrected chi connectivity index (χ2v) is 9.70. The number of anilines is 2. The van der Waals surface area contributed by atoms with Crippen LogP contribution in [0.25, 0.3) is 0 Å². The SMILES string of the molecule is CC1Cc2ccccc2N1C(=O)c1ccc2c(c1)CCN2S(=O)(=O)c1ccccc1. The van der Waals surface area contributed by atoms with Crippen LogP contribution in [0.4, 0.5) is 11.4 Å². The summed E-state index contributed by atoms with van der Waals surface area (Å²) in [7, 11) is -3.61. The number of rotatable bonds is 3. The Kier molecular flexibility index (Phi) is 4.40. The van der Waals surface area contributed by atoms with Gasteiger partial charge < -0.3 is 4.90 Å². The molecule has 0 aliphatic carbocycles. The van der Waals surface area contributed by atoms with Gasteiger partial charge in [0, 0.05) is 23.8 Å². The summed E-state index contributed by atoms with van der Waals surface area (Å²) in [6.45, 7) is 2.44. The van der Waals surface area contributed by atoms with Gasteiger partial charge in [0.25, 0.3) is 15.9 Å². The highest BCUT2D eigenvalue weighted by Gasteiger charge is 2.34. The van der Waals surface area contributed by atoms with Crippen LogP contribution < -0.4 is 9.21 Å². The number of nitrogens with zero attached hydrogens (tertiary/aromatic N) is 2. The molecule has 2 aliphatic rings. The third kappa shape index (κ3) is 2.91. The Labute approximate surface area is 176 Å². The molecule has 2 aliphatic heterocycles. The van der Waals surface area contributed by atoms with Gasteiger partial charge in [0.1, 0.15) is 0 Å². The minimum absolute atomic E-state index is 0.0420. The molecule has 5 rings (SSSR count). The molecule has 0 N–H and O–H groups in total. The minimum atomic E-state index is -3.61. The van der Waals surface area contributed by atoms with Crippen LogP contribution in [0.1, 0.15) is 28.4 Å². The van der Waals surface area contributed by atoms with Gasteiger partial charge in [-0.25, -0.2) is 8.42 Å². The van der Waals surface area contributed by atoms with Gasteiger partial charge in [-0.2, -0.15) is 0 Å². The van der Waals surface area contributed by atoms with E-state index < -0.39 is 10.0 Å². The van der Waals surface area contributed by atoms with Crippen molar-refractivity contribution >= 4 is 27.3 Å². The van der Waals surface area contributed by atoms with E-state index in [9.17, 15) is 13.2 Å². The first kappa shape index (κ1) is 18.9. The first-order valence-electron chi connectivity index (χ1n) is 10.1. The number of hydrogen-bond acceptors (Lipinski definition) is 3. The highest BCUT2D eigenvalue weighted by molar-refractivity contribution is 7.92. The van der Waals surface area contributed by atoms with Gasteiger partial charge in [-0.1, -0.05) is 36.4 Å². The Morgan fingerprint density at radius 3 is 2.43 bits per heavy atom. The summed E-state index contributed by atoms with van der Waals surface area (Å²) < 4.78 is 27.6. The van der Waals surface area contributed by atoms with E-state index in [1.165, 1.54) is 9.87 Å². The Morgan fingerprint density at radius 1 is 0.900 bits per heavy atom. The topological polar surface area (TPSA) is 57.7 Å². The Balaban J connectivity index is 1.47. The Bertz CT molecular complexity index is 1240. The molecular weight excluding hydrogens is 396 g/mol. The molecule has 3 aromatic carbocycles. The average Bonchev–Trinajstić information content (AvgIpc) is 3.34. The van der Waals surface area contributed by atoms with E-state index in [2.05, 4.69) is 13.0 Å². The molecule has 0 fully saturated rings. The van der Waals surface area contributed by atoms with E-state index in [0.717, 1.165) is 17.7 Å². The number of carbonyl (C=O) groups is 1.